The summed E-state index contributed by atoms with van der Waals surface area (Å²) in [6.07, 6.45) is 9.56. The average molecular weight is 436 g/mol. The number of rotatable bonds is 6. The monoisotopic (exact) mass is 435 g/mol. The summed E-state index contributed by atoms with van der Waals surface area (Å²) in [5.41, 5.74) is 6.87. The van der Waals surface area contributed by atoms with Crippen LogP contribution in [0.4, 0.5) is 16.3 Å². The molecule has 1 saturated heterocycles. The largest absolute Gasteiger partial charge is 0.365 e. The number of nitrogens with one attached hydrogen (secondary N) is 2. The number of para-hydroxylation sites is 1. The number of carbonyl (C=O) groups excluding carboxylic acids is 2. The van der Waals surface area contributed by atoms with E-state index in [0.717, 1.165) is 57.3 Å². The zero-order valence-electron chi connectivity index (χ0n) is 18.5. The molecule has 2 aliphatic rings. The van der Waals surface area contributed by atoms with Crippen LogP contribution >= 0.6 is 0 Å². The predicted molar refractivity (Wildman–Crippen MR) is 127 cm³/mol. The summed E-state index contributed by atoms with van der Waals surface area (Å²) in [4.78, 5) is 31.1. The van der Waals surface area contributed by atoms with Crippen LogP contribution in [0.2, 0.25) is 0 Å². The maximum Gasteiger partial charge on any atom is 0.319 e. The second-order valence-electron chi connectivity index (χ2n) is 9.04. The Bertz CT molecular complexity index is 920. The van der Waals surface area contributed by atoms with E-state index in [1.54, 1.807) is 18.3 Å². The lowest BCUT2D eigenvalue weighted by atomic mass is 9.77. The van der Waals surface area contributed by atoms with Crippen molar-refractivity contribution in [1.82, 2.24) is 10.3 Å². The molecule has 1 aliphatic carbocycles. The van der Waals surface area contributed by atoms with E-state index in [4.69, 9.17) is 5.73 Å². The van der Waals surface area contributed by atoms with Crippen molar-refractivity contribution in [3.05, 3.63) is 54.2 Å². The minimum Gasteiger partial charge on any atom is -0.365 e. The lowest BCUT2D eigenvalue weighted by Crippen LogP contribution is -2.46. The molecule has 7 heteroatoms. The van der Waals surface area contributed by atoms with Gasteiger partial charge in [-0.05, 0) is 68.2 Å². The first-order valence-corrected chi connectivity index (χ1v) is 11.7. The molecule has 2 fully saturated rings. The lowest BCUT2D eigenvalue weighted by Gasteiger charge is -2.39. The highest BCUT2D eigenvalue weighted by Crippen LogP contribution is 2.34. The molecule has 1 saturated carbocycles. The molecule has 0 spiro atoms. The molecule has 170 valence electrons. The molecule has 0 bridgehead atoms. The van der Waals surface area contributed by atoms with Crippen LogP contribution in [0.25, 0.3) is 0 Å². The van der Waals surface area contributed by atoms with Crippen molar-refractivity contribution in [3.63, 3.8) is 0 Å². The van der Waals surface area contributed by atoms with E-state index in [-0.39, 0.29) is 12.1 Å². The van der Waals surface area contributed by atoms with Gasteiger partial charge in [0.2, 0.25) is 0 Å². The summed E-state index contributed by atoms with van der Waals surface area (Å²) in [7, 11) is 0. The number of hydrogen-bond acceptors (Lipinski definition) is 4. The van der Waals surface area contributed by atoms with Crippen molar-refractivity contribution in [2.45, 2.75) is 51.0 Å². The number of benzene rings is 1. The summed E-state index contributed by atoms with van der Waals surface area (Å²) in [5, 5.41) is 6.19. The Morgan fingerprint density at radius 3 is 2.66 bits per heavy atom. The van der Waals surface area contributed by atoms with Gasteiger partial charge in [0.15, 0.2) is 0 Å². The van der Waals surface area contributed by atoms with Gasteiger partial charge >= 0.3 is 6.03 Å². The molecule has 4 rings (SSSR count). The van der Waals surface area contributed by atoms with E-state index in [9.17, 15) is 9.59 Å². The number of pyridine rings is 1. The van der Waals surface area contributed by atoms with Crippen LogP contribution in [0, 0.1) is 11.8 Å². The Hall–Kier alpha value is -3.09. The third-order valence-corrected chi connectivity index (χ3v) is 6.76. The number of hydrogen-bond donors (Lipinski definition) is 3. The van der Waals surface area contributed by atoms with Crippen molar-refractivity contribution >= 4 is 23.4 Å². The Morgan fingerprint density at radius 1 is 1.03 bits per heavy atom. The average Bonchev–Trinajstić information content (AvgIpc) is 2.81. The first-order valence-electron chi connectivity index (χ1n) is 11.7. The molecule has 2 heterocycles. The van der Waals surface area contributed by atoms with Gasteiger partial charge in [0.1, 0.15) is 5.82 Å². The van der Waals surface area contributed by atoms with E-state index in [0.29, 0.717) is 23.2 Å². The molecule has 3 atom stereocenters. The molecule has 1 aromatic carbocycles. The first-order chi connectivity index (χ1) is 15.6. The predicted octanol–water partition coefficient (Wildman–Crippen LogP) is 4.17. The summed E-state index contributed by atoms with van der Waals surface area (Å²) in [6, 6.07) is 13.1. The third-order valence-electron chi connectivity index (χ3n) is 6.76. The van der Waals surface area contributed by atoms with Gasteiger partial charge in [0, 0.05) is 31.0 Å². The van der Waals surface area contributed by atoms with Crippen molar-refractivity contribution in [1.29, 1.82) is 0 Å². The normalized spacial score (nSPS) is 23.4. The van der Waals surface area contributed by atoms with Crippen molar-refractivity contribution in [2.24, 2.45) is 17.6 Å². The van der Waals surface area contributed by atoms with Gasteiger partial charge in [-0.3, -0.25) is 4.79 Å². The quantitative estimate of drug-likeness (QED) is 0.634. The highest BCUT2D eigenvalue weighted by atomic mass is 16.2. The fraction of sp³-hybridized carbons (Fsp3) is 0.480. The summed E-state index contributed by atoms with van der Waals surface area (Å²) >= 11 is 0. The van der Waals surface area contributed by atoms with E-state index in [1.807, 2.05) is 30.3 Å². The van der Waals surface area contributed by atoms with Crippen LogP contribution in [0.3, 0.4) is 0 Å². The fourth-order valence-electron chi connectivity index (χ4n) is 5.26. The van der Waals surface area contributed by atoms with E-state index in [1.165, 1.54) is 6.42 Å². The van der Waals surface area contributed by atoms with Crippen LogP contribution in [0.5, 0.6) is 0 Å². The standard InChI is InChI=1S/C25H33N5O2/c26-23(31)21-12-6-14-27-24(21)30-15-7-8-18(17-30)16-19-9-4-5-13-22(19)29-25(32)28-20-10-2-1-3-11-20/h1-3,6,10-12,14,18-19,22H,4-5,7-9,13,15-17H2,(H2,26,31)(H2,28,29,32)/t18-,19+,22-/m1/s1. The highest BCUT2D eigenvalue weighted by Gasteiger charge is 2.31. The molecular formula is C25H33N5O2. The Balaban J connectivity index is 1.37. The van der Waals surface area contributed by atoms with Crippen LogP contribution in [-0.2, 0) is 0 Å². The van der Waals surface area contributed by atoms with Gasteiger partial charge in [-0.25, -0.2) is 9.78 Å². The number of urea groups is 1. The zero-order chi connectivity index (χ0) is 22.3. The van der Waals surface area contributed by atoms with Gasteiger partial charge in [-0.2, -0.15) is 0 Å². The van der Waals surface area contributed by atoms with Crippen molar-refractivity contribution in [3.8, 4) is 0 Å². The summed E-state index contributed by atoms with van der Waals surface area (Å²) < 4.78 is 0. The maximum atomic E-state index is 12.6. The summed E-state index contributed by atoms with van der Waals surface area (Å²) in [6.45, 7) is 1.76. The summed E-state index contributed by atoms with van der Waals surface area (Å²) in [5.74, 6) is 1.24. The second-order valence-corrected chi connectivity index (χ2v) is 9.04. The fourth-order valence-corrected chi connectivity index (χ4v) is 5.26. The molecule has 2 aromatic rings. The van der Waals surface area contributed by atoms with Gasteiger partial charge in [-0.15, -0.1) is 0 Å². The number of piperidine rings is 1. The first kappa shape index (κ1) is 22.1. The molecule has 4 N–H and O–H groups in total. The van der Waals surface area contributed by atoms with Gasteiger partial charge in [-0.1, -0.05) is 31.0 Å². The molecular weight excluding hydrogens is 402 g/mol. The second kappa shape index (κ2) is 10.5. The molecule has 1 aromatic heterocycles. The smallest absolute Gasteiger partial charge is 0.319 e. The van der Waals surface area contributed by atoms with Gasteiger partial charge in [0.25, 0.3) is 5.91 Å². The Kier molecular flexibility index (Phi) is 7.24. The topological polar surface area (TPSA) is 100 Å². The molecule has 1 aliphatic heterocycles. The molecule has 3 amide bonds. The third kappa shape index (κ3) is 5.58. The van der Waals surface area contributed by atoms with Crippen LogP contribution in [0.1, 0.15) is 55.3 Å². The lowest BCUT2D eigenvalue weighted by molar-refractivity contribution is 0.1000. The van der Waals surface area contributed by atoms with E-state index < -0.39 is 5.91 Å². The van der Waals surface area contributed by atoms with Crippen LogP contribution < -0.4 is 21.3 Å². The SMILES string of the molecule is NC(=O)c1cccnc1N1CCC[C@H](C[C@@H]2CCCC[C@H]2NC(=O)Nc2ccccc2)C1. The number of carbonyl (C=O) groups is 2. The van der Waals surface area contributed by atoms with Gasteiger partial charge < -0.3 is 21.3 Å². The minimum absolute atomic E-state index is 0.127. The van der Waals surface area contributed by atoms with Crippen LogP contribution in [0.15, 0.2) is 48.7 Å². The number of nitrogens with two attached hydrogens (primary N) is 1. The number of nitrogens with zero attached hydrogens (tertiary/aromatic N) is 2. The van der Waals surface area contributed by atoms with Crippen LogP contribution in [-0.4, -0.2) is 36.1 Å². The minimum atomic E-state index is -0.434. The number of amides is 3. The number of anilines is 2. The van der Waals surface area contributed by atoms with E-state index in [2.05, 4.69) is 20.5 Å². The zero-order valence-corrected chi connectivity index (χ0v) is 18.5. The number of aromatic nitrogens is 1. The molecule has 0 unspecified atom stereocenters. The maximum absolute atomic E-state index is 12.6. The Labute approximate surface area is 189 Å². The van der Waals surface area contributed by atoms with Crippen molar-refractivity contribution in [2.75, 3.05) is 23.3 Å². The van der Waals surface area contributed by atoms with Crippen molar-refractivity contribution < 1.29 is 9.59 Å². The molecule has 0 radical (unpaired) electrons. The highest BCUT2D eigenvalue weighted by molar-refractivity contribution is 5.97. The van der Waals surface area contributed by atoms with E-state index >= 15 is 0 Å². The van der Waals surface area contributed by atoms with Gasteiger partial charge in [0.05, 0.1) is 5.56 Å². The Morgan fingerprint density at radius 2 is 1.84 bits per heavy atom. The molecule has 7 nitrogen and oxygen atoms in total. The molecule has 32 heavy (non-hydrogen) atoms. The number of primary amides is 1.